The van der Waals surface area contributed by atoms with E-state index < -0.39 is 0 Å². The van der Waals surface area contributed by atoms with Gasteiger partial charge in [-0.05, 0) is 49.9 Å². The van der Waals surface area contributed by atoms with Crippen molar-refractivity contribution in [3.8, 4) is 0 Å². The molecular formula is C14H22ClN3O. The fourth-order valence-corrected chi connectivity index (χ4v) is 2.50. The lowest BCUT2D eigenvalue weighted by Gasteiger charge is -2.26. The minimum Gasteiger partial charge on any atom is -0.354 e. The van der Waals surface area contributed by atoms with Crippen LogP contribution in [0, 0.1) is 0 Å². The van der Waals surface area contributed by atoms with Crippen LogP contribution < -0.4 is 10.6 Å². The Morgan fingerprint density at radius 1 is 1.47 bits per heavy atom. The van der Waals surface area contributed by atoms with Gasteiger partial charge in [0.25, 0.3) is 0 Å². The van der Waals surface area contributed by atoms with Gasteiger partial charge in [-0.1, -0.05) is 6.92 Å². The largest absolute Gasteiger partial charge is 0.354 e. The van der Waals surface area contributed by atoms with Crippen molar-refractivity contribution in [2.24, 2.45) is 0 Å². The number of nitrogens with zero attached hydrogens (tertiary/aromatic N) is 1. The topological polar surface area (TPSA) is 54.0 Å². The summed E-state index contributed by atoms with van der Waals surface area (Å²) in [6.45, 7) is 3.71. The van der Waals surface area contributed by atoms with Crippen LogP contribution in [0.5, 0.6) is 0 Å². The van der Waals surface area contributed by atoms with E-state index in [9.17, 15) is 4.79 Å². The summed E-state index contributed by atoms with van der Waals surface area (Å²) < 4.78 is 0. The molecule has 5 heteroatoms. The average molecular weight is 284 g/mol. The van der Waals surface area contributed by atoms with Gasteiger partial charge in [0.15, 0.2) is 0 Å². The predicted molar refractivity (Wildman–Crippen MR) is 78.5 cm³/mol. The highest BCUT2D eigenvalue weighted by molar-refractivity contribution is 5.86. The Morgan fingerprint density at radius 2 is 2.21 bits per heavy atom. The van der Waals surface area contributed by atoms with Crippen LogP contribution in [0.25, 0.3) is 0 Å². The lowest BCUT2D eigenvalue weighted by atomic mass is 9.93. The quantitative estimate of drug-likeness (QED) is 0.865. The van der Waals surface area contributed by atoms with Gasteiger partial charge in [-0.25, -0.2) is 0 Å². The fourth-order valence-electron chi connectivity index (χ4n) is 2.50. The number of carbonyl (C=O) groups excluding carboxylic acids is 1. The second-order valence-electron chi connectivity index (χ2n) is 4.83. The third-order valence-corrected chi connectivity index (χ3v) is 3.73. The maximum Gasteiger partial charge on any atom is 0.240 e. The number of pyridine rings is 1. The molecule has 1 aromatic heterocycles. The van der Waals surface area contributed by atoms with E-state index in [-0.39, 0.29) is 23.9 Å². The third-order valence-electron chi connectivity index (χ3n) is 3.73. The van der Waals surface area contributed by atoms with Crippen LogP contribution in [0.15, 0.2) is 24.5 Å². The van der Waals surface area contributed by atoms with Crippen LogP contribution in [0.1, 0.15) is 31.7 Å². The van der Waals surface area contributed by atoms with Gasteiger partial charge in [-0.15, -0.1) is 12.4 Å². The molecule has 1 aliphatic rings. The molecule has 0 spiro atoms. The van der Waals surface area contributed by atoms with Crippen LogP contribution in [0.4, 0.5) is 0 Å². The zero-order valence-corrected chi connectivity index (χ0v) is 12.1. The zero-order chi connectivity index (χ0) is 12.8. The zero-order valence-electron chi connectivity index (χ0n) is 11.3. The predicted octanol–water partition coefficient (Wildman–Crippen LogP) is 1.69. The summed E-state index contributed by atoms with van der Waals surface area (Å²) in [4.78, 5) is 16.2. The van der Waals surface area contributed by atoms with E-state index in [0.717, 1.165) is 32.2 Å². The first-order valence-corrected chi connectivity index (χ1v) is 6.69. The van der Waals surface area contributed by atoms with E-state index >= 15 is 0 Å². The number of aromatic nitrogens is 1. The Kier molecular flexibility index (Phi) is 6.25. The molecule has 0 saturated carbocycles. The Labute approximate surface area is 120 Å². The fraction of sp³-hybridized carbons (Fsp3) is 0.571. The molecular weight excluding hydrogens is 262 g/mol. The number of hydrogen-bond acceptors (Lipinski definition) is 3. The molecule has 4 nitrogen and oxygen atoms in total. The van der Waals surface area contributed by atoms with Crippen LogP contribution in [0.2, 0.25) is 0 Å². The summed E-state index contributed by atoms with van der Waals surface area (Å²) >= 11 is 0. The molecule has 0 aromatic carbocycles. The van der Waals surface area contributed by atoms with Crippen molar-refractivity contribution in [2.45, 2.75) is 38.1 Å². The molecule has 1 saturated heterocycles. The van der Waals surface area contributed by atoms with Crippen molar-refractivity contribution in [2.75, 3.05) is 13.1 Å². The number of hydrogen-bond donors (Lipinski definition) is 2. The first kappa shape index (κ1) is 15.9. The summed E-state index contributed by atoms with van der Waals surface area (Å²) in [5.41, 5.74) is 0.883. The summed E-state index contributed by atoms with van der Waals surface area (Å²) in [6, 6.07) is 3.96. The van der Waals surface area contributed by atoms with Gasteiger partial charge < -0.3 is 10.6 Å². The van der Waals surface area contributed by atoms with Gasteiger partial charge in [-0.2, -0.15) is 0 Å². The molecule has 2 rings (SSSR count). The first-order chi connectivity index (χ1) is 8.77. The Morgan fingerprint density at radius 3 is 2.79 bits per heavy atom. The standard InChI is InChI=1S/C14H21N3O.ClH/c1-2-14(7-3-8-17-14)13(18)16-11-6-12-4-9-15-10-5-12;/h4-5,9-10,17H,2-3,6-8,11H2,1H3,(H,16,18);1H. The second kappa shape index (κ2) is 7.46. The first-order valence-electron chi connectivity index (χ1n) is 6.69. The Balaban J connectivity index is 0.00000180. The van der Waals surface area contributed by atoms with E-state index in [0.29, 0.717) is 6.54 Å². The highest BCUT2D eigenvalue weighted by atomic mass is 35.5. The van der Waals surface area contributed by atoms with E-state index in [1.807, 2.05) is 12.1 Å². The van der Waals surface area contributed by atoms with Crippen molar-refractivity contribution in [3.05, 3.63) is 30.1 Å². The Bertz CT molecular complexity index is 391. The van der Waals surface area contributed by atoms with Gasteiger partial charge in [0.2, 0.25) is 5.91 Å². The SMILES string of the molecule is CCC1(C(=O)NCCc2ccncc2)CCCN1.Cl. The molecule has 1 atom stereocenters. The van der Waals surface area contributed by atoms with Gasteiger partial charge in [0.1, 0.15) is 0 Å². The molecule has 2 heterocycles. The van der Waals surface area contributed by atoms with Crippen molar-refractivity contribution in [1.29, 1.82) is 0 Å². The van der Waals surface area contributed by atoms with Crippen molar-refractivity contribution in [1.82, 2.24) is 15.6 Å². The molecule has 1 fully saturated rings. The molecule has 106 valence electrons. The number of halogens is 1. The highest BCUT2D eigenvalue weighted by Gasteiger charge is 2.38. The minimum atomic E-state index is -0.321. The number of nitrogens with one attached hydrogen (secondary N) is 2. The van der Waals surface area contributed by atoms with Crippen LogP contribution in [-0.2, 0) is 11.2 Å². The minimum absolute atomic E-state index is 0. The maximum absolute atomic E-state index is 12.2. The number of carbonyl (C=O) groups is 1. The molecule has 0 aliphatic carbocycles. The van der Waals surface area contributed by atoms with Crippen LogP contribution in [0.3, 0.4) is 0 Å². The van der Waals surface area contributed by atoms with E-state index in [1.165, 1.54) is 5.56 Å². The molecule has 2 N–H and O–H groups in total. The van der Waals surface area contributed by atoms with Crippen LogP contribution in [-0.4, -0.2) is 29.5 Å². The van der Waals surface area contributed by atoms with Gasteiger partial charge in [0, 0.05) is 18.9 Å². The molecule has 19 heavy (non-hydrogen) atoms. The smallest absolute Gasteiger partial charge is 0.240 e. The number of rotatable bonds is 5. The normalized spacial score (nSPS) is 21.7. The third kappa shape index (κ3) is 3.91. The van der Waals surface area contributed by atoms with E-state index in [1.54, 1.807) is 12.4 Å². The van der Waals surface area contributed by atoms with Crippen LogP contribution >= 0.6 is 12.4 Å². The van der Waals surface area contributed by atoms with E-state index in [2.05, 4.69) is 22.5 Å². The summed E-state index contributed by atoms with van der Waals surface area (Å²) in [7, 11) is 0. The van der Waals surface area contributed by atoms with Gasteiger partial charge in [0.05, 0.1) is 5.54 Å². The molecule has 0 radical (unpaired) electrons. The average Bonchev–Trinajstić information content (AvgIpc) is 2.90. The van der Waals surface area contributed by atoms with Crippen molar-refractivity contribution < 1.29 is 4.79 Å². The molecule has 1 aliphatic heterocycles. The van der Waals surface area contributed by atoms with Gasteiger partial charge >= 0.3 is 0 Å². The Hall–Kier alpha value is -1.13. The summed E-state index contributed by atoms with van der Waals surface area (Å²) in [5.74, 6) is 0.150. The lowest BCUT2D eigenvalue weighted by Crippen LogP contribution is -2.53. The molecule has 0 bridgehead atoms. The van der Waals surface area contributed by atoms with Gasteiger partial charge in [-0.3, -0.25) is 9.78 Å². The highest BCUT2D eigenvalue weighted by Crippen LogP contribution is 2.22. The monoisotopic (exact) mass is 283 g/mol. The molecule has 1 amide bonds. The van der Waals surface area contributed by atoms with Crippen molar-refractivity contribution >= 4 is 18.3 Å². The maximum atomic E-state index is 12.2. The molecule has 1 aromatic rings. The lowest BCUT2D eigenvalue weighted by molar-refractivity contribution is -0.127. The van der Waals surface area contributed by atoms with E-state index in [4.69, 9.17) is 0 Å². The summed E-state index contributed by atoms with van der Waals surface area (Å²) in [5, 5.41) is 6.39. The summed E-state index contributed by atoms with van der Waals surface area (Å²) in [6.07, 6.45) is 7.31. The second-order valence-corrected chi connectivity index (χ2v) is 4.83. The number of amides is 1. The van der Waals surface area contributed by atoms with Crippen molar-refractivity contribution in [3.63, 3.8) is 0 Å². The molecule has 1 unspecified atom stereocenters.